The number of nitrogen functional groups attached to an aromatic ring is 1. The van der Waals surface area contributed by atoms with Gasteiger partial charge in [0.1, 0.15) is 0 Å². The fraction of sp³-hybridized carbons (Fsp3) is 0. The lowest BCUT2D eigenvalue weighted by Gasteiger charge is -1.91. The molecule has 0 bridgehead atoms. The number of nitrogens with zero attached hydrogens (tertiary/aromatic N) is 1. The molecule has 0 unspecified atom stereocenters. The molecule has 3 N–H and O–H groups in total. The van der Waals surface area contributed by atoms with Crippen LogP contribution < -0.4 is 5.73 Å². The van der Waals surface area contributed by atoms with Crippen molar-refractivity contribution in [1.29, 1.82) is 0 Å². The topological polar surface area (TPSA) is 54.7 Å². The summed E-state index contributed by atoms with van der Waals surface area (Å²) in [4.78, 5) is 0. The second kappa shape index (κ2) is 2.80. The summed E-state index contributed by atoms with van der Waals surface area (Å²) in [6, 6.07) is 5.73. The lowest BCUT2D eigenvalue weighted by Crippen LogP contribution is -1.84. The molecule has 2 aromatic rings. The number of hydrogen-bond acceptors (Lipinski definition) is 2. The zero-order chi connectivity index (χ0) is 6.97. The largest absolute Gasteiger partial charge is 0.397 e. The minimum absolute atomic E-state index is 0. The summed E-state index contributed by atoms with van der Waals surface area (Å²) < 4.78 is 0. The number of nitrogens with two attached hydrogens (primary N) is 1. The van der Waals surface area contributed by atoms with Gasteiger partial charge in [0.2, 0.25) is 0 Å². The normalized spacial score (nSPS) is 9.45. The highest BCUT2D eigenvalue weighted by Crippen LogP contribution is 2.16. The van der Waals surface area contributed by atoms with Gasteiger partial charge in [-0.25, -0.2) is 0 Å². The van der Waals surface area contributed by atoms with Crippen molar-refractivity contribution in [3.05, 3.63) is 24.4 Å². The van der Waals surface area contributed by atoms with Crippen LogP contribution in [0.25, 0.3) is 10.9 Å². The van der Waals surface area contributed by atoms with Gasteiger partial charge in [0.15, 0.2) is 0 Å². The average molecular weight is 170 g/mol. The zero-order valence-corrected chi connectivity index (χ0v) is 6.56. The number of benzene rings is 1. The number of nitrogens with one attached hydrogen (secondary N) is 1. The molecule has 1 heterocycles. The van der Waals surface area contributed by atoms with E-state index in [1.165, 1.54) is 0 Å². The predicted octanol–water partition coefficient (Wildman–Crippen LogP) is 1.57. The van der Waals surface area contributed by atoms with Gasteiger partial charge >= 0.3 is 0 Å². The first-order chi connectivity index (χ1) is 4.88. The van der Waals surface area contributed by atoms with Crippen molar-refractivity contribution in [2.75, 3.05) is 5.73 Å². The minimum atomic E-state index is 0. The smallest absolute Gasteiger partial charge is 0.0879 e. The molecular formula is C7H8ClN3. The molecule has 4 heteroatoms. The Kier molecular flexibility index (Phi) is 2.01. The fourth-order valence-electron chi connectivity index (χ4n) is 0.992. The molecule has 3 nitrogen and oxygen atoms in total. The Morgan fingerprint density at radius 2 is 2.18 bits per heavy atom. The van der Waals surface area contributed by atoms with Gasteiger partial charge in [-0.05, 0) is 6.07 Å². The summed E-state index contributed by atoms with van der Waals surface area (Å²) in [6.45, 7) is 0. The molecule has 1 aromatic carbocycles. The molecule has 11 heavy (non-hydrogen) atoms. The van der Waals surface area contributed by atoms with Crippen molar-refractivity contribution in [2.45, 2.75) is 0 Å². The van der Waals surface area contributed by atoms with Gasteiger partial charge in [0.05, 0.1) is 17.4 Å². The van der Waals surface area contributed by atoms with Crippen molar-refractivity contribution in [1.82, 2.24) is 10.2 Å². The second-order valence-corrected chi connectivity index (χ2v) is 2.18. The van der Waals surface area contributed by atoms with Crippen LogP contribution in [0.4, 0.5) is 5.69 Å². The predicted molar refractivity (Wildman–Crippen MR) is 47.8 cm³/mol. The van der Waals surface area contributed by atoms with E-state index in [1.54, 1.807) is 6.20 Å². The summed E-state index contributed by atoms with van der Waals surface area (Å²) >= 11 is 0. The lowest BCUT2D eigenvalue weighted by molar-refractivity contribution is 1.12. The van der Waals surface area contributed by atoms with Crippen LogP contribution in [-0.4, -0.2) is 10.2 Å². The van der Waals surface area contributed by atoms with Gasteiger partial charge in [0.25, 0.3) is 0 Å². The maximum absolute atomic E-state index is 5.63. The molecule has 0 spiro atoms. The zero-order valence-electron chi connectivity index (χ0n) is 5.74. The Labute approximate surface area is 70.0 Å². The minimum Gasteiger partial charge on any atom is -0.397 e. The summed E-state index contributed by atoms with van der Waals surface area (Å²) in [7, 11) is 0. The lowest BCUT2D eigenvalue weighted by atomic mass is 10.2. The van der Waals surface area contributed by atoms with Crippen molar-refractivity contribution >= 4 is 29.0 Å². The molecule has 2 rings (SSSR count). The molecule has 0 amide bonds. The highest BCUT2D eigenvalue weighted by molar-refractivity contribution is 5.88. The van der Waals surface area contributed by atoms with Gasteiger partial charge in [-0.3, -0.25) is 5.10 Å². The Bertz CT molecular complexity index is 355. The van der Waals surface area contributed by atoms with Crippen molar-refractivity contribution in [3.63, 3.8) is 0 Å². The highest BCUT2D eigenvalue weighted by atomic mass is 35.5. The third-order valence-corrected chi connectivity index (χ3v) is 1.51. The third-order valence-electron chi connectivity index (χ3n) is 1.51. The van der Waals surface area contributed by atoms with E-state index in [1.807, 2.05) is 18.2 Å². The van der Waals surface area contributed by atoms with E-state index >= 15 is 0 Å². The molecule has 0 fully saturated rings. The number of aromatic amines is 1. The van der Waals surface area contributed by atoms with Gasteiger partial charge in [-0.15, -0.1) is 12.4 Å². The van der Waals surface area contributed by atoms with Gasteiger partial charge in [-0.2, -0.15) is 5.10 Å². The van der Waals surface area contributed by atoms with E-state index in [2.05, 4.69) is 10.2 Å². The maximum Gasteiger partial charge on any atom is 0.0879 e. The molecule has 0 atom stereocenters. The number of halogens is 1. The summed E-state index contributed by atoms with van der Waals surface area (Å²) in [5.41, 5.74) is 7.29. The molecule has 0 aliphatic rings. The number of fused-ring (bicyclic) bond motifs is 1. The standard InChI is InChI=1S/C7H7N3.ClH/c8-6-3-1-2-5-4-9-10-7(5)6;/h1-4H,8H2,(H,9,10);1H. The first kappa shape index (κ1) is 7.88. The van der Waals surface area contributed by atoms with Crippen LogP contribution in [0.1, 0.15) is 0 Å². The van der Waals surface area contributed by atoms with Gasteiger partial charge in [-0.1, -0.05) is 12.1 Å². The maximum atomic E-state index is 5.63. The third kappa shape index (κ3) is 1.14. The van der Waals surface area contributed by atoms with Crippen LogP contribution in [0.2, 0.25) is 0 Å². The van der Waals surface area contributed by atoms with Crippen molar-refractivity contribution in [2.24, 2.45) is 0 Å². The molecule has 0 saturated carbocycles. The number of anilines is 1. The molecule has 0 saturated heterocycles. The Morgan fingerprint density at radius 3 is 2.91 bits per heavy atom. The number of hydrogen-bond donors (Lipinski definition) is 2. The summed E-state index contributed by atoms with van der Waals surface area (Å²) in [6.07, 6.45) is 1.76. The molecule has 0 aliphatic carbocycles. The van der Waals surface area contributed by atoms with E-state index < -0.39 is 0 Å². The highest BCUT2D eigenvalue weighted by Gasteiger charge is 1.95. The first-order valence-corrected chi connectivity index (χ1v) is 3.05. The molecular weight excluding hydrogens is 162 g/mol. The number of aromatic nitrogens is 2. The number of rotatable bonds is 0. The molecule has 1 aromatic heterocycles. The molecule has 0 radical (unpaired) electrons. The SMILES string of the molecule is Cl.Nc1cccc2cn[nH]c12. The number of H-pyrrole nitrogens is 1. The Morgan fingerprint density at radius 1 is 1.36 bits per heavy atom. The van der Waals surface area contributed by atoms with Crippen LogP contribution >= 0.6 is 12.4 Å². The van der Waals surface area contributed by atoms with E-state index in [0.717, 1.165) is 16.6 Å². The molecule has 0 aliphatic heterocycles. The fourth-order valence-corrected chi connectivity index (χ4v) is 0.992. The van der Waals surface area contributed by atoms with Gasteiger partial charge < -0.3 is 5.73 Å². The van der Waals surface area contributed by atoms with Gasteiger partial charge in [0, 0.05) is 5.39 Å². The van der Waals surface area contributed by atoms with Crippen LogP contribution in [0, 0.1) is 0 Å². The van der Waals surface area contributed by atoms with Crippen molar-refractivity contribution in [3.8, 4) is 0 Å². The summed E-state index contributed by atoms with van der Waals surface area (Å²) in [5.74, 6) is 0. The first-order valence-electron chi connectivity index (χ1n) is 3.05. The van der Waals surface area contributed by atoms with Crippen LogP contribution in [0.5, 0.6) is 0 Å². The Balaban J connectivity index is 0.000000605. The van der Waals surface area contributed by atoms with Crippen LogP contribution in [0.3, 0.4) is 0 Å². The van der Waals surface area contributed by atoms with E-state index in [9.17, 15) is 0 Å². The Hall–Kier alpha value is -1.22. The number of para-hydroxylation sites is 1. The van der Waals surface area contributed by atoms with E-state index in [4.69, 9.17) is 5.73 Å². The van der Waals surface area contributed by atoms with Crippen LogP contribution in [-0.2, 0) is 0 Å². The monoisotopic (exact) mass is 169 g/mol. The second-order valence-electron chi connectivity index (χ2n) is 2.18. The van der Waals surface area contributed by atoms with Crippen molar-refractivity contribution < 1.29 is 0 Å². The quantitative estimate of drug-likeness (QED) is 0.589. The van der Waals surface area contributed by atoms with E-state index in [0.29, 0.717) is 0 Å². The summed E-state index contributed by atoms with van der Waals surface area (Å²) in [5, 5.41) is 7.73. The van der Waals surface area contributed by atoms with Crippen LogP contribution in [0.15, 0.2) is 24.4 Å². The average Bonchev–Trinajstić information content (AvgIpc) is 2.36. The molecule has 58 valence electrons. The van der Waals surface area contributed by atoms with E-state index in [-0.39, 0.29) is 12.4 Å².